The molecule has 0 radical (unpaired) electrons. The first-order valence-corrected chi connectivity index (χ1v) is 6.87. The number of nitrogens with zero attached hydrogens (tertiary/aromatic N) is 1. The number of hydrogen-bond acceptors (Lipinski definition) is 2. The van der Waals surface area contributed by atoms with Crippen molar-refractivity contribution in [2.45, 2.75) is 25.8 Å². The van der Waals surface area contributed by atoms with Crippen molar-refractivity contribution in [1.29, 1.82) is 0 Å². The summed E-state index contributed by atoms with van der Waals surface area (Å²) in [6.07, 6.45) is 3.76. The minimum atomic E-state index is 0.680. The van der Waals surface area contributed by atoms with Crippen LogP contribution in [-0.4, -0.2) is 33.3 Å². The van der Waals surface area contributed by atoms with Crippen molar-refractivity contribution >= 4 is 5.96 Å². The predicted octanol–water partition coefficient (Wildman–Crippen LogP) is 1.49. The summed E-state index contributed by atoms with van der Waals surface area (Å²) in [5, 5.41) is 6.53. The Hall–Kier alpha value is -1.55. The van der Waals surface area contributed by atoms with E-state index in [2.05, 4.69) is 33.8 Å². The molecule has 0 bridgehead atoms. The van der Waals surface area contributed by atoms with E-state index in [1.165, 1.54) is 36.0 Å². The van der Waals surface area contributed by atoms with Gasteiger partial charge in [-0.3, -0.25) is 4.99 Å². The number of methoxy groups -OCH3 is 1. The molecule has 1 aliphatic carbocycles. The van der Waals surface area contributed by atoms with Crippen LogP contribution in [-0.2, 0) is 24.1 Å². The van der Waals surface area contributed by atoms with E-state index >= 15 is 0 Å². The summed E-state index contributed by atoms with van der Waals surface area (Å²) in [6, 6.07) is 6.79. The number of ether oxygens (including phenoxy) is 1. The molecule has 0 spiro atoms. The number of hydrogen-bond donors (Lipinski definition) is 2. The van der Waals surface area contributed by atoms with Gasteiger partial charge in [-0.05, 0) is 36.0 Å². The summed E-state index contributed by atoms with van der Waals surface area (Å²) in [5.41, 5.74) is 4.35. The van der Waals surface area contributed by atoms with Gasteiger partial charge < -0.3 is 15.4 Å². The van der Waals surface area contributed by atoms with Crippen LogP contribution in [0.25, 0.3) is 0 Å². The zero-order valence-corrected chi connectivity index (χ0v) is 11.8. The quantitative estimate of drug-likeness (QED) is 0.479. The van der Waals surface area contributed by atoms with Gasteiger partial charge in [0.15, 0.2) is 5.96 Å². The van der Waals surface area contributed by atoms with Crippen LogP contribution in [0.2, 0.25) is 0 Å². The Bertz CT molecular complexity index is 443. The third-order valence-electron chi connectivity index (χ3n) is 3.45. The second-order valence-electron chi connectivity index (χ2n) is 4.80. The smallest absolute Gasteiger partial charge is 0.191 e. The summed E-state index contributed by atoms with van der Waals surface area (Å²) in [6.45, 7) is 2.25. The summed E-state index contributed by atoms with van der Waals surface area (Å²) in [4.78, 5) is 4.19. The Morgan fingerprint density at radius 1 is 1.26 bits per heavy atom. The molecule has 1 aromatic carbocycles. The van der Waals surface area contributed by atoms with Crippen LogP contribution < -0.4 is 10.6 Å². The Morgan fingerprint density at radius 2 is 2.11 bits per heavy atom. The zero-order valence-electron chi connectivity index (χ0n) is 11.8. The van der Waals surface area contributed by atoms with E-state index in [0.717, 1.165) is 19.0 Å². The van der Waals surface area contributed by atoms with Crippen LogP contribution in [0.4, 0.5) is 0 Å². The van der Waals surface area contributed by atoms with Crippen LogP contribution in [0.15, 0.2) is 23.2 Å². The number of aryl methyl sites for hydroxylation is 2. The number of rotatable bonds is 5. The second kappa shape index (κ2) is 7.14. The first-order chi connectivity index (χ1) is 9.33. The Morgan fingerprint density at radius 3 is 2.89 bits per heavy atom. The molecule has 1 aliphatic rings. The highest BCUT2D eigenvalue weighted by atomic mass is 16.5. The van der Waals surface area contributed by atoms with Crippen molar-refractivity contribution < 1.29 is 4.74 Å². The fraction of sp³-hybridized carbons (Fsp3) is 0.533. The summed E-state index contributed by atoms with van der Waals surface area (Å²) >= 11 is 0. The highest BCUT2D eigenvalue weighted by molar-refractivity contribution is 5.79. The van der Waals surface area contributed by atoms with Gasteiger partial charge in [-0.2, -0.15) is 0 Å². The minimum absolute atomic E-state index is 0.680. The van der Waals surface area contributed by atoms with Gasteiger partial charge in [0.25, 0.3) is 0 Å². The number of aliphatic imine (C=N–C) groups is 1. The van der Waals surface area contributed by atoms with Crippen molar-refractivity contribution in [2.75, 3.05) is 27.3 Å². The average molecular weight is 261 g/mol. The molecule has 1 aromatic rings. The van der Waals surface area contributed by atoms with E-state index in [9.17, 15) is 0 Å². The Balaban J connectivity index is 1.84. The van der Waals surface area contributed by atoms with Crippen molar-refractivity contribution in [1.82, 2.24) is 10.6 Å². The minimum Gasteiger partial charge on any atom is -0.383 e. The van der Waals surface area contributed by atoms with Crippen LogP contribution >= 0.6 is 0 Å². The van der Waals surface area contributed by atoms with Gasteiger partial charge in [0, 0.05) is 27.2 Å². The van der Waals surface area contributed by atoms with Gasteiger partial charge in [0.2, 0.25) is 0 Å². The van der Waals surface area contributed by atoms with Crippen LogP contribution in [0.3, 0.4) is 0 Å². The van der Waals surface area contributed by atoms with Crippen molar-refractivity contribution in [3.05, 3.63) is 34.9 Å². The van der Waals surface area contributed by atoms with Gasteiger partial charge in [0.1, 0.15) is 0 Å². The molecule has 0 heterocycles. The van der Waals surface area contributed by atoms with E-state index in [4.69, 9.17) is 4.74 Å². The number of benzene rings is 1. The molecule has 0 fully saturated rings. The van der Waals surface area contributed by atoms with Crippen LogP contribution in [0, 0.1) is 0 Å². The van der Waals surface area contributed by atoms with E-state index < -0.39 is 0 Å². The lowest BCUT2D eigenvalue weighted by molar-refractivity contribution is 0.203. The predicted molar refractivity (Wildman–Crippen MR) is 78.5 cm³/mol. The Labute approximate surface area is 115 Å². The molecule has 0 amide bonds. The molecule has 2 rings (SSSR count). The standard InChI is InChI=1S/C15H23N3O/c1-16-15(17-8-9-19-2)18-11-12-6-7-13-4-3-5-14(13)10-12/h6-7,10H,3-5,8-9,11H2,1-2H3,(H2,16,17,18). The van der Waals surface area contributed by atoms with Crippen LogP contribution in [0.1, 0.15) is 23.1 Å². The number of fused-ring (bicyclic) bond motifs is 1. The van der Waals surface area contributed by atoms with Gasteiger partial charge in [-0.25, -0.2) is 0 Å². The molecule has 0 unspecified atom stereocenters. The molecule has 0 aliphatic heterocycles. The highest BCUT2D eigenvalue weighted by Crippen LogP contribution is 2.22. The monoisotopic (exact) mass is 261 g/mol. The molecular formula is C15H23N3O. The third kappa shape index (κ3) is 3.96. The van der Waals surface area contributed by atoms with Gasteiger partial charge >= 0.3 is 0 Å². The van der Waals surface area contributed by atoms with Crippen molar-refractivity contribution in [2.24, 2.45) is 4.99 Å². The average Bonchev–Trinajstić information content (AvgIpc) is 2.90. The maximum Gasteiger partial charge on any atom is 0.191 e. The first-order valence-electron chi connectivity index (χ1n) is 6.87. The van der Waals surface area contributed by atoms with Crippen molar-refractivity contribution in [3.8, 4) is 0 Å². The van der Waals surface area contributed by atoms with Gasteiger partial charge in [0.05, 0.1) is 6.61 Å². The highest BCUT2D eigenvalue weighted by Gasteiger charge is 2.10. The molecule has 0 saturated carbocycles. The summed E-state index contributed by atoms with van der Waals surface area (Å²) < 4.78 is 5.00. The normalized spacial score (nSPS) is 14.3. The third-order valence-corrected chi connectivity index (χ3v) is 3.45. The molecule has 2 N–H and O–H groups in total. The Kier molecular flexibility index (Phi) is 5.21. The van der Waals surface area contributed by atoms with E-state index in [1.807, 2.05) is 0 Å². The molecule has 0 atom stereocenters. The first kappa shape index (κ1) is 13.9. The zero-order chi connectivity index (χ0) is 13.5. The lowest BCUT2D eigenvalue weighted by Crippen LogP contribution is -2.38. The van der Waals surface area contributed by atoms with Crippen LogP contribution in [0.5, 0.6) is 0 Å². The van der Waals surface area contributed by atoms with Gasteiger partial charge in [-0.15, -0.1) is 0 Å². The lowest BCUT2D eigenvalue weighted by Gasteiger charge is -2.12. The molecule has 0 saturated heterocycles. The maximum atomic E-state index is 5.00. The largest absolute Gasteiger partial charge is 0.383 e. The number of nitrogens with one attached hydrogen (secondary N) is 2. The fourth-order valence-electron chi connectivity index (χ4n) is 2.41. The van der Waals surface area contributed by atoms with Gasteiger partial charge in [-0.1, -0.05) is 18.2 Å². The molecule has 104 valence electrons. The molecule has 0 aromatic heterocycles. The fourth-order valence-corrected chi connectivity index (χ4v) is 2.41. The van der Waals surface area contributed by atoms with E-state index in [1.54, 1.807) is 14.2 Å². The SMILES string of the molecule is CN=C(NCCOC)NCc1ccc2c(c1)CCC2. The maximum absolute atomic E-state index is 5.00. The van der Waals surface area contributed by atoms with Crippen molar-refractivity contribution in [3.63, 3.8) is 0 Å². The molecular weight excluding hydrogens is 238 g/mol. The topological polar surface area (TPSA) is 45.7 Å². The van der Waals surface area contributed by atoms with E-state index in [0.29, 0.717) is 6.61 Å². The van der Waals surface area contributed by atoms with E-state index in [-0.39, 0.29) is 0 Å². The number of guanidine groups is 1. The molecule has 19 heavy (non-hydrogen) atoms. The molecule has 4 nitrogen and oxygen atoms in total. The lowest BCUT2D eigenvalue weighted by atomic mass is 10.1. The molecule has 4 heteroatoms. The second-order valence-corrected chi connectivity index (χ2v) is 4.80. The summed E-state index contributed by atoms with van der Waals surface area (Å²) in [7, 11) is 3.48. The summed E-state index contributed by atoms with van der Waals surface area (Å²) in [5.74, 6) is 0.817.